The van der Waals surface area contributed by atoms with Gasteiger partial charge in [0.2, 0.25) is 0 Å². The zero-order valence-corrected chi connectivity index (χ0v) is 18.9. The van der Waals surface area contributed by atoms with Crippen LogP contribution in [0.5, 0.6) is 5.75 Å². The van der Waals surface area contributed by atoms with Crippen LogP contribution in [0.2, 0.25) is 0 Å². The van der Waals surface area contributed by atoms with E-state index in [1.807, 2.05) is 30.3 Å². The van der Waals surface area contributed by atoms with Crippen LogP contribution in [-0.4, -0.2) is 29.7 Å². The molecular weight excluding hydrogens is 470 g/mol. The van der Waals surface area contributed by atoms with Crippen molar-refractivity contribution in [2.75, 3.05) is 29.2 Å². The number of hydrogen-bond donors (Lipinski definition) is 3. The Morgan fingerprint density at radius 2 is 2.12 bits per heavy atom. The summed E-state index contributed by atoms with van der Waals surface area (Å²) in [6.45, 7) is -1.29. The number of H-pyrrole nitrogens is 1. The number of urea groups is 1. The molecule has 7 nitrogen and oxygen atoms in total. The van der Waals surface area contributed by atoms with Gasteiger partial charge in [-0.3, -0.25) is 0 Å². The van der Waals surface area contributed by atoms with Crippen LogP contribution in [0.4, 0.5) is 21.9 Å². The Balaban J connectivity index is 1.41. The van der Waals surface area contributed by atoms with Crippen molar-refractivity contribution in [3.8, 4) is 5.75 Å². The molecule has 1 aliphatic rings. The van der Waals surface area contributed by atoms with Gasteiger partial charge in [0.15, 0.2) is 0 Å². The van der Waals surface area contributed by atoms with E-state index in [1.165, 1.54) is 0 Å². The summed E-state index contributed by atoms with van der Waals surface area (Å²) in [4.78, 5) is 21.9. The second-order valence-corrected chi connectivity index (χ2v) is 8.26. The normalized spacial score (nSPS) is 14.0. The number of aromatic nitrogens is 2. The number of aromatic amines is 1. The number of methoxy groups -OCH3 is 1. The van der Waals surface area contributed by atoms with Gasteiger partial charge in [0.1, 0.15) is 11.4 Å². The summed E-state index contributed by atoms with van der Waals surface area (Å²) in [5, 5.41) is 6.48. The summed E-state index contributed by atoms with van der Waals surface area (Å²) >= 11 is 3.40. The van der Waals surface area contributed by atoms with Gasteiger partial charge in [-0.15, -0.1) is 0 Å². The fourth-order valence-corrected chi connectivity index (χ4v) is 4.28. The van der Waals surface area contributed by atoms with Crippen LogP contribution >= 0.6 is 15.9 Å². The Bertz CT molecular complexity index is 1390. The predicted octanol–water partition coefficient (Wildman–Crippen LogP) is 5.54. The molecule has 32 heavy (non-hydrogen) atoms. The average Bonchev–Trinajstić information content (AvgIpc) is 3.45. The summed E-state index contributed by atoms with van der Waals surface area (Å²) in [6.07, 6.45) is 3.96. The van der Waals surface area contributed by atoms with Crippen LogP contribution in [0.25, 0.3) is 11.0 Å². The number of anilines is 3. The minimum Gasteiger partial charge on any atom is -0.495 e. The Kier molecular flexibility index (Phi) is 4.83. The molecule has 0 spiro atoms. The number of rotatable bonds is 5. The van der Waals surface area contributed by atoms with Crippen LogP contribution in [-0.2, 0) is 12.9 Å². The molecule has 8 heteroatoms. The Morgan fingerprint density at radius 3 is 3.00 bits per heavy atom. The maximum absolute atomic E-state index is 12.8. The highest BCUT2D eigenvalue weighted by Crippen LogP contribution is 2.35. The summed E-state index contributed by atoms with van der Waals surface area (Å²) in [6, 6.07) is 14.1. The molecule has 2 aromatic carbocycles. The number of pyridine rings is 1. The first kappa shape index (κ1) is 18.1. The molecule has 0 saturated carbocycles. The molecule has 1 aliphatic heterocycles. The summed E-state index contributed by atoms with van der Waals surface area (Å²) in [7, 11) is 1.54. The summed E-state index contributed by atoms with van der Waals surface area (Å²) in [5.74, 6) is 0.546. The first-order chi connectivity index (χ1) is 16.4. The highest BCUT2D eigenvalue weighted by molar-refractivity contribution is 9.10. The molecule has 3 heterocycles. The molecule has 0 radical (unpaired) electrons. The van der Waals surface area contributed by atoms with Crippen LogP contribution < -0.4 is 20.3 Å². The molecule has 5 rings (SSSR count). The lowest BCUT2D eigenvalue weighted by atomic mass is 10.1. The van der Waals surface area contributed by atoms with Crippen LogP contribution in [0.3, 0.4) is 0 Å². The Labute approximate surface area is 196 Å². The number of fused-ring (bicyclic) bond motifs is 2. The second kappa shape index (κ2) is 8.55. The highest BCUT2D eigenvalue weighted by Gasteiger charge is 2.23. The predicted molar refractivity (Wildman–Crippen MR) is 131 cm³/mol. The van der Waals surface area contributed by atoms with Crippen molar-refractivity contribution in [3.63, 3.8) is 0 Å². The fourth-order valence-electron chi connectivity index (χ4n) is 3.92. The lowest BCUT2D eigenvalue weighted by Crippen LogP contribution is -2.20. The number of carbonyl (C=O) groups excluding carboxylic acids is 1. The molecular formula is C24H22BrN5O2. The van der Waals surface area contributed by atoms with Gasteiger partial charge in [-0.2, -0.15) is 0 Å². The van der Waals surface area contributed by atoms with E-state index in [9.17, 15) is 4.79 Å². The quantitative estimate of drug-likeness (QED) is 0.340. The SMILES string of the molecule is [2H]C([2H])(c1c[nH]c2ncccc12)N1CCc2c(NC(=O)Nc3cc(Br)ccc3OC)cccc21. The van der Waals surface area contributed by atoms with Crippen LogP contribution in [0.15, 0.2) is 65.4 Å². The molecule has 0 unspecified atom stereocenters. The summed E-state index contributed by atoms with van der Waals surface area (Å²) < 4.78 is 24.0. The monoisotopic (exact) mass is 493 g/mol. The van der Waals surface area contributed by atoms with Gasteiger partial charge in [-0.05, 0) is 54.4 Å². The zero-order chi connectivity index (χ0) is 23.9. The molecule has 4 aromatic rings. The lowest BCUT2D eigenvalue weighted by molar-refractivity contribution is 0.262. The molecule has 0 bridgehead atoms. The smallest absolute Gasteiger partial charge is 0.323 e. The van der Waals surface area contributed by atoms with Gasteiger partial charge in [-0.25, -0.2) is 9.78 Å². The van der Waals surface area contributed by atoms with E-state index in [2.05, 4.69) is 36.5 Å². The highest BCUT2D eigenvalue weighted by atomic mass is 79.9. The number of hydrogen-bond acceptors (Lipinski definition) is 4. The lowest BCUT2D eigenvalue weighted by Gasteiger charge is -2.20. The first-order valence-electron chi connectivity index (χ1n) is 11.1. The molecule has 0 aliphatic carbocycles. The average molecular weight is 494 g/mol. The van der Waals surface area contributed by atoms with E-state index in [0.29, 0.717) is 41.3 Å². The Hall–Kier alpha value is -3.52. The van der Waals surface area contributed by atoms with Gasteiger partial charge in [-0.1, -0.05) is 22.0 Å². The second-order valence-electron chi connectivity index (χ2n) is 7.34. The molecule has 0 fully saturated rings. The van der Waals surface area contributed by atoms with Crippen molar-refractivity contribution in [2.45, 2.75) is 12.9 Å². The molecule has 0 atom stereocenters. The maximum Gasteiger partial charge on any atom is 0.323 e. The van der Waals surface area contributed by atoms with Crippen LogP contribution in [0.1, 0.15) is 13.9 Å². The molecule has 2 amide bonds. The topological polar surface area (TPSA) is 82.3 Å². The van der Waals surface area contributed by atoms with E-state index in [1.54, 1.807) is 42.6 Å². The van der Waals surface area contributed by atoms with Gasteiger partial charge in [0.05, 0.1) is 15.5 Å². The fraction of sp³-hybridized carbons (Fsp3) is 0.167. The summed E-state index contributed by atoms with van der Waals surface area (Å²) in [5.41, 5.74) is 4.00. The van der Waals surface area contributed by atoms with E-state index >= 15 is 0 Å². The van der Waals surface area contributed by atoms with Crippen molar-refractivity contribution in [1.82, 2.24) is 9.97 Å². The van der Waals surface area contributed by atoms with E-state index in [-0.39, 0.29) is 0 Å². The largest absolute Gasteiger partial charge is 0.495 e. The third-order valence-corrected chi connectivity index (χ3v) is 5.89. The number of ether oxygens (including phenoxy) is 1. The number of nitrogens with zero attached hydrogens (tertiary/aromatic N) is 2. The molecule has 162 valence electrons. The van der Waals surface area contributed by atoms with Gasteiger partial charge in [0.25, 0.3) is 0 Å². The van der Waals surface area contributed by atoms with E-state index in [4.69, 9.17) is 7.48 Å². The standard InChI is InChI=1S/C24H22BrN5O2/c1-32-22-8-7-16(25)12-20(22)29-24(31)28-19-5-2-6-21-18(19)9-11-30(21)14-15-13-27-23-17(15)4-3-10-26-23/h2-8,10,12-13H,9,11,14H2,1H3,(H,26,27)(H2,28,29,31)/i14D2. The van der Waals surface area contributed by atoms with Crippen molar-refractivity contribution in [2.24, 2.45) is 0 Å². The van der Waals surface area contributed by atoms with E-state index < -0.39 is 12.5 Å². The number of nitrogens with one attached hydrogen (secondary N) is 3. The zero-order valence-electron chi connectivity index (χ0n) is 19.3. The van der Waals surface area contributed by atoms with Crippen LogP contribution in [0, 0.1) is 0 Å². The van der Waals surface area contributed by atoms with Crippen molar-refractivity contribution in [3.05, 3.63) is 76.5 Å². The van der Waals surface area contributed by atoms with Gasteiger partial charge in [0, 0.05) is 52.2 Å². The minimum absolute atomic E-state index is 0.408. The van der Waals surface area contributed by atoms with Gasteiger partial charge < -0.3 is 25.3 Å². The molecule has 0 saturated heterocycles. The van der Waals surface area contributed by atoms with Crippen molar-refractivity contribution < 1.29 is 12.3 Å². The van der Waals surface area contributed by atoms with Crippen molar-refractivity contribution in [1.29, 1.82) is 0 Å². The minimum atomic E-state index is -1.77. The third kappa shape index (κ3) is 3.89. The maximum atomic E-state index is 12.8. The number of halogens is 1. The molecule has 3 N–H and O–H groups in total. The van der Waals surface area contributed by atoms with E-state index in [0.717, 1.165) is 21.1 Å². The first-order valence-corrected chi connectivity index (χ1v) is 10.9. The van der Waals surface area contributed by atoms with Gasteiger partial charge >= 0.3 is 6.03 Å². The number of amides is 2. The molecule has 2 aromatic heterocycles. The Morgan fingerprint density at radius 1 is 1.25 bits per heavy atom. The van der Waals surface area contributed by atoms with Crippen molar-refractivity contribution >= 4 is 50.1 Å². The third-order valence-electron chi connectivity index (χ3n) is 5.39. The number of benzene rings is 2. The number of carbonyl (C=O) groups is 1.